The van der Waals surface area contributed by atoms with Crippen LogP contribution < -0.4 is 9.64 Å². The number of aryl methyl sites for hydroxylation is 2. The average molecular weight is 338 g/mol. The van der Waals surface area contributed by atoms with E-state index in [1.807, 2.05) is 19.1 Å². The van der Waals surface area contributed by atoms with Crippen molar-refractivity contribution in [3.05, 3.63) is 41.5 Å². The lowest BCUT2D eigenvalue weighted by Crippen LogP contribution is -2.36. The highest BCUT2D eigenvalue weighted by atomic mass is 16.5. The summed E-state index contributed by atoms with van der Waals surface area (Å²) in [4.78, 5) is 16.2. The van der Waals surface area contributed by atoms with Crippen molar-refractivity contribution in [2.75, 3.05) is 24.6 Å². The van der Waals surface area contributed by atoms with Crippen molar-refractivity contribution in [1.82, 2.24) is 15.0 Å². The molecule has 0 spiro atoms. The van der Waals surface area contributed by atoms with Gasteiger partial charge in [-0.1, -0.05) is 6.07 Å². The van der Waals surface area contributed by atoms with E-state index in [-0.39, 0.29) is 0 Å². The van der Waals surface area contributed by atoms with E-state index in [0.717, 1.165) is 61.3 Å². The zero-order chi connectivity index (χ0) is 17.2. The normalized spacial score (nSPS) is 18.4. The van der Waals surface area contributed by atoms with E-state index in [0.29, 0.717) is 11.8 Å². The van der Waals surface area contributed by atoms with Gasteiger partial charge in [0.1, 0.15) is 11.6 Å². The van der Waals surface area contributed by atoms with E-state index >= 15 is 0 Å². The molecule has 0 amide bonds. The fraction of sp³-hybridized carbons (Fsp3) is 0.550. The number of pyridine rings is 1. The quantitative estimate of drug-likeness (QED) is 0.833. The minimum Gasteiger partial charge on any atom is -0.477 e. The van der Waals surface area contributed by atoms with E-state index in [4.69, 9.17) is 9.72 Å². The summed E-state index contributed by atoms with van der Waals surface area (Å²) in [6.45, 7) is 6.94. The first kappa shape index (κ1) is 16.3. The van der Waals surface area contributed by atoms with Gasteiger partial charge in [-0.05, 0) is 51.5 Å². The third-order valence-electron chi connectivity index (χ3n) is 5.16. The van der Waals surface area contributed by atoms with Gasteiger partial charge in [0.2, 0.25) is 5.88 Å². The summed E-state index contributed by atoms with van der Waals surface area (Å²) in [5, 5.41) is 0. The van der Waals surface area contributed by atoms with Crippen molar-refractivity contribution < 1.29 is 4.74 Å². The molecule has 2 aromatic rings. The van der Waals surface area contributed by atoms with Crippen LogP contribution in [0.25, 0.3) is 0 Å². The second-order valence-corrected chi connectivity index (χ2v) is 7.37. The number of ether oxygens (including phenoxy) is 1. The fourth-order valence-electron chi connectivity index (χ4n) is 3.41. The number of piperidine rings is 1. The van der Waals surface area contributed by atoms with Crippen LogP contribution in [0.4, 0.5) is 5.82 Å². The summed E-state index contributed by atoms with van der Waals surface area (Å²) in [6, 6.07) is 6.11. The molecular weight excluding hydrogens is 312 g/mol. The Kier molecular flexibility index (Phi) is 4.55. The molecule has 1 saturated heterocycles. The molecule has 25 heavy (non-hydrogen) atoms. The van der Waals surface area contributed by atoms with Gasteiger partial charge in [-0.3, -0.25) is 0 Å². The molecule has 5 nitrogen and oxygen atoms in total. The molecule has 1 aliphatic carbocycles. The van der Waals surface area contributed by atoms with Crippen LogP contribution in [-0.2, 0) is 0 Å². The van der Waals surface area contributed by atoms with E-state index < -0.39 is 0 Å². The van der Waals surface area contributed by atoms with Crippen LogP contribution in [0.5, 0.6) is 5.88 Å². The highest BCUT2D eigenvalue weighted by Crippen LogP contribution is 2.38. The maximum atomic E-state index is 5.94. The second-order valence-electron chi connectivity index (χ2n) is 7.37. The lowest BCUT2D eigenvalue weighted by molar-refractivity contribution is 0.214. The summed E-state index contributed by atoms with van der Waals surface area (Å²) < 4.78 is 5.94. The molecule has 2 fully saturated rings. The smallest absolute Gasteiger partial charge is 0.216 e. The molecule has 1 saturated carbocycles. The van der Waals surface area contributed by atoms with Gasteiger partial charge in [0, 0.05) is 42.5 Å². The first-order valence-corrected chi connectivity index (χ1v) is 9.34. The molecule has 1 aliphatic heterocycles. The van der Waals surface area contributed by atoms with Crippen LogP contribution in [0.3, 0.4) is 0 Å². The summed E-state index contributed by atoms with van der Waals surface area (Å²) >= 11 is 0. The van der Waals surface area contributed by atoms with Crippen LogP contribution in [0.1, 0.15) is 48.7 Å². The van der Waals surface area contributed by atoms with Crippen molar-refractivity contribution >= 4 is 5.82 Å². The molecule has 0 unspecified atom stereocenters. The number of rotatable bonds is 5. The third-order valence-corrected chi connectivity index (χ3v) is 5.16. The highest BCUT2D eigenvalue weighted by Gasteiger charge is 2.28. The number of aromatic nitrogens is 3. The summed E-state index contributed by atoms with van der Waals surface area (Å²) in [6.07, 6.45) is 6.55. The van der Waals surface area contributed by atoms with E-state index in [9.17, 15) is 0 Å². The molecule has 0 radical (unpaired) electrons. The minimum atomic E-state index is 0.587. The molecule has 2 aliphatic rings. The first-order chi connectivity index (χ1) is 12.2. The van der Waals surface area contributed by atoms with Crippen LogP contribution in [0.15, 0.2) is 24.4 Å². The summed E-state index contributed by atoms with van der Waals surface area (Å²) in [5.74, 6) is 4.11. The van der Waals surface area contributed by atoms with Gasteiger partial charge < -0.3 is 9.64 Å². The minimum absolute atomic E-state index is 0.587. The third kappa shape index (κ3) is 3.91. The fourth-order valence-corrected chi connectivity index (χ4v) is 3.41. The standard InChI is InChI=1S/C20H26N4O/c1-14-4-3-9-21-20(14)25-13-16-7-10-24(11-8-16)18-12-15(2)22-19(23-18)17-5-6-17/h3-4,9,12,16-17H,5-8,10-11,13H2,1-2H3. The molecule has 2 aromatic heterocycles. The monoisotopic (exact) mass is 338 g/mol. The van der Waals surface area contributed by atoms with Gasteiger partial charge in [0.25, 0.3) is 0 Å². The molecule has 0 bridgehead atoms. The highest BCUT2D eigenvalue weighted by molar-refractivity contribution is 5.41. The molecule has 4 rings (SSSR count). The molecule has 0 aromatic carbocycles. The maximum Gasteiger partial charge on any atom is 0.216 e. The first-order valence-electron chi connectivity index (χ1n) is 9.34. The van der Waals surface area contributed by atoms with Crippen molar-refractivity contribution in [3.8, 4) is 5.88 Å². The lowest BCUT2D eigenvalue weighted by Gasteiger charge is -2.33. The Balaban J connectivity index is 1.33. The Morgan fingerprint density at radius 3 is 2.64 bits per heavy atom. The van der Waals surface area contributed by atoms with Gasteiger partial charge in [-0.15, -0.1) is 0 Å². The Bertz CT molecular complexity index is 736. The number of anilines is 1. The predicted molar refractivity (Wildman–Crippen MR) is 98.2 cm³/mol. The molecular formula is C20H26N4O. The Morgan fingerprint density at radius 2 is 1.92 bits per heavy atom. The molecule has 0 N–H and O–H groups in total. The molecule has 0 atom stereocenters. The second kappa shape index (κ2) is 6.98. The van der Waals surface area contributed by atoms with Gasteiger partial charge >= 0.3 is 0 Å². The number of hydrogen-bond acceptors (Lipinski definition) is 5. The maximum absolute atomic E-state index is 5.94. The summed E-state index contributed by atoms with van der Waals surface area (Å²) in [7, 11) is 0. The van der Waals surface area contributed by atoms with Gasteiger partial charge in [0.15, 0.2) is 0 Å². The zero-order valence-corrected chi connectivity index (χ0v) is 15.1. The van der Waals surface area contributed by atoms with Crippen LogP contribution in [0, 0.1) is 19.8 Å². The van der Waals surface area contributed by atoms with Crippen molar-refractivity contribution in [3.63, 3.8) is 0 Å². The molecule has 3 heterocycles. The van der Waals surface area contributed by atoms with E-state index in [1.54, 1.807) is 6.20 Å². The predicted octanol–water partition coefficient (Wildman–Crippen LogP) is 3.66. The number of nitrogens with zero attached hydrogens (tertiary/aromatic N) is 4. The van der Waals surface area contributed by atoms with Crippen molar-refractivity contribution in [1.29, 1.82) is 0 Å². The van der Waals surface area contributed by atoms with E-state index in [1.165, 1.54) is 12.8 Å². The average Bonchev–Trinajstić information content (AvgIpc) is 3.46. The van der Waals surface area contributed by atoms with Crippen molar-refractivity contribution in [2.45, 2.75) is 45.4 Å². The van der Waals surface area contributed by atoms with Gasteiger partial charge in [0.05, 0.1) is 6.61 Å². The Labute approximate surface area is 149 Å². The topological polar surface area (TPSA) is 51.1 Å². The van der Waals surface area contributed by atoms with Crippen LogP contribution >= 0.6 is 0 Å². The summed E-state index contributed by atoms with van der Waals surface area (Å²) in [5.41, 5.74) is 2.19. The van der Waals surface area contributed by atoms with E-state index in [2.05, 4.69) is 27.9 Å². The zero-order valence-electron chi connectivity index (χ0n) is 15.1. The van der Waals surface area contributed by atoms with Crippen LogP contribution in [-0.4, -0.2) is 34.6 Å². The lowest BCUT2D eigenvalue weighted by atomic mass is 9.98. The number of hydrogen-bond donors (Lipinski definition) is 0. The van der Waals surface area contributed by atoms with Crippen LogP contribution in [0.2, 0.25) is 0 Å². The van der Waals surface area contributed by atoms with Crippen molar-refractivity contribution in [2.24, 2.45) is 5.92 Å². The molecule has 5 heteroatoms. The largest absolute Gasteiger partial charge is 0.477 e. The SMILES string of the molecule is Cc1cc(N2CCC(COc3ncccc3C)CC2)nc(C2CC2)n1. The Hall–Kier alpha value is -2.17. The van der Waals surface area contributed by atoms with Gasteiger partial charge in [-0.2, -0.15) is 0 Å². The molecule has 132 valence electrons. The Morgan fingerprint density at radius 1 is 1.12 bits per heavy atom. The van der Waals surface area contributed by atoms with Gasteiger partial charge in [-0.25, -0.2) is 15.0 Å².